The first kappa shape index (κ1) is 15.2. The summed E-state index contributed by atoms with van der Waals surface area (Å²) in [6.45, 7) is 4.85. The van der Waals surface area contributed by atoms with Gasteiger partial charge in [0.25, 0.3) is 5.91 Å². The number of rotatable bonds is 6. The number of carbonyl (C=O) groups is 2. The van der Waals surface area contributed by atoms with Gasteiger partial charge in [0.2, 0.25) is 0 Å². The highest BCUT2D eigenvalue weighted by Crippen LogP contribution is 2.07. The van der Waals surface area contributed by atoms with Gasteiger partial charge in [-0.3, -0.25) is 4.79 Å². The molecule has 0 aliphatic carbocycles. The summed E-state index contributed by atoms with van der Waals surface area (Å²) in [5.41, 5.74) is 0.638. The monoisotopic (exact) mass is 265 g/mol. The van der Waals surface area contributed by atoms with Crippen molar-refractivity contribution in [1.29, 1.82) is 0 Å². The molecule has 5 nitrogen and oxygen atoms in total. The van der Waals surface area contributed by atoms with Crippen molar-refractivity contribution in [2.45, 2.75) is 20.0 Å². The van der Waals surface area contributed by atoms with Crippen LogP contribution in [0.4, 0.5) is 0 Å². The van der Waals surface area contributed by atoms with E-state index in [0.717, 1.165) is 0 Å². The van der Waals surface area contributed by atoms with E-state index in [4.69, 9.17) is 9.84 Å². The Labute approximate surface area is 112 Å². The van der Waals surface area contributed by atoms with E-state index < -0.39 is 5.97 Å². The van der Waals surface area contributed by atoms with Gasteiger partial charge >= 0.3 is 5.97 Å². The van der Waals surface area contributed by atoms with Gasteiger partial charge in [0.05, 0.1) is 18.3 Å². The molecule has 1 aromatic rings. The number of carboxylic acid groups (broad SMARTS) is 1. The Morgan fingerprint density at radius 3 is 2.21 bits per heavy atom. The lowest BCUT2D eigenvalue weighted by atomic mass is 10.1. The fourth-order valence-electron chi connectivity index (χ4n) is 1.50. The Kier molecular flexibility index (Phi) is 5.51. The smallest absolute Gasteiger partial charge is 0.335 e. The van der Waals surface area contributed by atoms with E-state index in [0.29, 0.717) is 18.7 Å². The molecule has 104 valence electrons. The van der Waals surface area contributed by atoms with Gasteiger partial charge in [-0.1, -0.05) is 0 Å². The third-order valence-electron chi connectivity index (χ3n) is 2.60. The quantitative estimate of drug-likeness (QED) is 0.852. The molecule has 5 heteroatoms. The highest BCUT2D eigenvalue weighted by molar-refractivity contribution is 5.95. The molecule has 1 N–H and O–H groups in total. The highest BCUT2D eigenvalue weighted by Gasteiger charge is 2.12. The fraction of sp³-hybridized carbons (Fsp3) is 0.429. The van der Waals surface area contributed by atoms with Gasteiger partial charge in [0.15, 0.2) is 0 Å². The van der Waals surface area contributed by atoms with Gasteiger partial charge in [-0.05, 0) is 38.1 Å². The zero-order chi connectivity index (χ0) is 14.4. The molecule has 0 saturated heterocycles. The van der Waals surface area contributed by atoms with Gasteiger partial charge in [-0.25, -0.2) is 4.79 Å². The van der Waals surface area contributed by atoms with Crippen molar-refractivity contribution in [1.82, 2.24) is 4.90 Å². The number of aromatic carboxylic acids is 1. The summed E-state index contributed by atoms with van der Waals surface area (Å²) < 4.78 is 5.38. The second kappa shape index (κ2) is 6.89. The minimum atomic E-state index is -1.00. The van der Waals surface area contributed by atoms with Crippen molar-refractivity contribution in [3.05, 3.63) is 35.4 Å². The van der Waals surface area contributed by atoms with E-state index in [1.165, 1.54) is 24.3 Å². The number of nitrogens with zero attached hydrogens (tertiary/aromatic N) is 1. The van der Waals surface area contributed by atoms with Gasteiger partial charge in [0, 0.05) is 19.2 Å². The van der Waals surface area contributed by atoms with E-state index in [1.54, 1.807) is 11.9 Å². The van der Waals surface area contributed by atoms with Gasteiger partial charge < -0.3 is 14.7 Å². The van der Waals surface area contributed by atoms with Gasteiger partial charge in [-0.2, -0.15) is 0 Å². The Morgan fingerprint density at radius 1 is 1.21 bits per heavy atom. The number of hydrogen-bond acceptors (Lipinski definition) is 3. The number of benzene rings is 1. The molecule has 0 aliphatic heterocycles. The molecule has 0 heterocycles. The standard InChI is InChI=1S/C14H19NO4/c1-10(2)19-9-8-15(3)13(16)11-4-6-12(7-5-11)14(17)18/h4-7,10H,8-9H2,1-3H3,(H,17,18). The molecule has 0 aliphatic rings. The Hall–Kier alpha value is -1.88. The molecule has 0 fully saturated rings. The first-order chi connectivity index (χ1) is 8.91. The van der Waals surface area contributed by atoms with Crippen LogP contribution in [0.3, 0.4) is 0 Å². The maximum atomic E-state index is 12.0. The second-order valence-corrected chi connectivity index (χ2v) is 4.53. The summed E-state index contributed by atoms with van der Waals surface area (Å²) in [5.74, 6) is -1.15. The molecule has 0 unspecified atom stereocenters. The topological polar surface area (TPSA) is 66.8 Å². The molecule has 0 atom stereocenters. The third-order valence-corrected chi connectivity index (χ3v) is 2.60. The van der Waals surface area contributed by atoms with Crippen LogP contribution in [0.5, 0.6) is 0 Å². The normalized spacial score (nSPS) is 10.5. The van der Waals surface area contributed by atoms with Gasteiger partial charge in [-0.15, -0.1) is 0 Å². The SMILES string of the molecule is CC(C)OCCN(C)C(=O)c1ccc(C(=O)O)cc1. The maximum Gasteiger partial charge on any atom is 0.335 e. The van der Waals surface area contributed by atoms with Crippen LogP contribution in [0.25, 0.3) is 0 Å². The largest absolute Gasteiger partial charge is 0.478 e. The molecule has 0 spiro atoms. The molecule has 19 heavy (non-hydrogen) atoms. The van der Waals surface area contributed by atoms with Crippen LogP contribution in [0.2, 0.25) is 0 Å². The number of ether oxygens (including phenoxy) is 1. The molecular formula is C14H19NO4. The minimum absolute atomic E-state index is 0.137. The van der Waals surface area contributed by atoms with Crippen molar-refractivity contribution >= 4 is 11.9 Å². The van der Waals surface area contributed by atoms with E-state index in [2.05, 4.69) is 0 Å². The summed E-state index contributed by atoms with van der Waals surface area (Å²) >= 11 is 0. The molecule has 0 radical (unpaired) electrons. The average Bonchev–Trinajstić information content (AvgIpc) is 2.37. The van der Waals surface area contributed by atoms with Crippen molar-refractivity contribution in [3.63, 3.8) is 0 Å². The number of carbonyl (C=O) groups excluding carboxylic acids is 1. The molecule has 0 aromatic heterocycles. The predicted molar refractivity (Wildman–Crippen MR) is 71.4 cm³/mol. The van der Waals surface area contributed by atoms with Crippen molar-refractivity contribution < 1.29 is 19.4 Å². The van der Waals surface area contributed by atoms with Crippen LogP contribution in [-0.2, 0) is 4.74 Å². The first-order valence-corrected chi connectivity index (χ1v) is 6.12. The van der Waals surface area contributed by atoms with E-state index in [-0.39, 0.29) is 17.6 Å². The summed E-state index contributed by atoms with van der Waals surface area (Å²) in [5, 5.41) is 8.78. The average molecular weight is 265 g/mol. The van der Waals surface area contributed by atoms with Crippen LogP contribution in [0.15, 0.2) is 24.3 Å². The van der Waals surface area contributed by atoms with Gasteiger partial charge in [0.1, 0.15) is 0 Å². The molecule has 1 amide bonds. The molecule has 1 rings (SSSR count). The summed E-state index contributed by atoms with van der Waals surface area (Å²) in [6.07, 6.45) is 0.137. The van der Waals surface area contributed by atoms with E-state index in [9.17, 15) is 9.59 Å². The summed E-state index contributed by atoms with van der Waals surface area (Å²) in [4.78, 5) is 24.3. The molecule has 0 bridgehead atoms. The van der Waals surface area contributed by atoms with E-state index >= 15 is 0 Å². The maximum absolute atomic E-state index is 12.0. The van der Waals surface area contributed by atoms with E-state index in [1.807, 2.05) is 13.8 Å². The Morgan fingerprint density at radius 2 is 1.74 bits per heavy atom. The van der Waals surface area contributed by atoms with Crippen molar-refractivity contribution in [2.75, 3.05) is 20.2 Å². The summed E-state index contributed by atoms with van der Waals surface area (Å²) in [7, 11) is 1.69. The zero-order valence-electron chi connectivity index (χ0n) is 11.4. The Bertz CT molecular complexity index is 439. The van der Waals surface area contributed by atoms with Crippen molar-refractivity contribution in [2.24, 2.45) is 0 Å². The number of amides is 1. The molecular weight excluding hydrogens is 246 g/mol. The zero-order valence-corrected chi connectivity index (χ0v) is 11.4. The summed E-state index contributed by atoms with van der Waals surface area (Å²) in [6, 6.07) is 5.89. The lowest BCUT2D eigenvalue weighted by molar-refractivity contribution is 0.0532. The first-order valence-electron chi connectivity index (χ1n) is 6.12. The molecule has 0 saturated carbocycles. The van der Waals surface area contributed by atoms with Crippen LogP contribution in [-0.4, -0.2) is 48.2 Å². The van der Waals surface area contributed by atoms with Crippen LogP contribution in [0.1, 0.15) is 34.6 Å². The highest BCUT2D eigenvalue weighted by atomic mass is 16.5. The predicted octanol–water partition coefficient (Wildman–Crippen LogP) is 1.88. The van der Waals surface area contributed by atoms with Crippen molar-refractivity contribution in [3.8, 4) is 0 Å². The van der Waals surface area contributed by atoms with Crippen LogP contribution >= 0.6 is 0 Å². The number of hydrogen-bond donors (Lipinski definition) is 1. The van der Waals surface area contributed by atoms with Crippen LogP contribution < -0.4 is 0 Å². The third kappa shape index (κ3) is 4.71. The lowest BCUT2D eigenvalue weighted by Crippen LogP contribution is -2.30. The Balaban J connectivity index is 2.59. The van der Waals surface area contributed by atoms with Crippen LogP contribution in [0, 0.1) is 0 Å². The number of likely N-dealkylation sites (N-methyl/N-ethyl adjacent to an activating group) is 1. The minimum Gasteiger partial charge on any atom is -0.478 e. The lowest BCUT2D eigenvalue weighted by Gasteiger charge is -2.18. The molecule has 1 aromatic carbocycles. The number of carboxylic acids is 1. The fourth-order valence-corrected chi connectivity index (χ4v) is 1.50. The second-order valence-electron chi connectivity index (χ2n) is 4.53.